The topological polar surface area (TPSA) is 84.9 Å². The molecule has 150 valence electrons. The highest BCUT2D eigenvalue weighted by atomic mass is 35.5. The third kappa shape index (κ3) is 3.79. The van der Waals surface area contributed by atoms with Crippen LogP contribution in [0.4, 0.5) is 14.9 Å². The van der Waals surface area contributed by atoms with Crippen LogP contribution in [0.5, 0.6) is 0 Å². The maximum atomic E-state index is 14.4. The van der Waals surface area contributed by atoms with Gasteiger partial charge in [-0.25, -0.2) is 18.8 Å². The fourth-order valence-electron chi connectivity index (χ4n) is 3.02. The molecular formula is C20H16ClFN2O5. The number of urea groups is 1. The van der Waals surface area contributed by atoms with Crippen LogP contribution in [0.15, 0.2) is 59.8 Å². The Morgan fingerprint density at radius 2 is 1.66 bits per heavy atom. The van der Waals surface area contributed by atoms with Gasteiger partial charge in [0.05, 0.1) is 31.5 Å². The van der Waals surface area contributed by atoms with E-state index < -0.39 is 29.8 Å². The van der Waals surface area contributed by atoms with Gasteiger partial charge in [0.1, 0.15) is 11.5 Å². The van der Waals surface area contributed by atoms with Crippen LogP contribution in [-0.2, 0) is 19.1 Å². The minimum atomic E-state index is -1.26. The molecule has 2 aromatic rings. The molecule has 0 unspecified atom stereocenters. The minimum absolute atomic E-state index is 0.00147. The molecule has 2 amide bonds. The van der Waals surface area contributed by atoms with Crippen molar-refractivity contribution in [1.29, 1.82) is 0 Å². The summed E-state index contributed by atoms with van der Waals surface area (Å²) in [6.07, 6.45) is 0. The number of hydrogen-bond donors (Lipinski definition) is 1. The van der Waals surface area contributed by atoms with Gasteiger partial charge < -0.3 is 14.8 Å². The highest BCUT2D eigenvalue weighted by molar-refractivity contribution is 6.30. The number of rotatable bonds is 4. The average Bonchev–Trinajstić information content (AvgIpc) is 2.73. The second kappa shape index (κ2) is 8.32. The molecule has 1 aliphatic rings. The van der Waals surface area contributed by atoms with Crippen molar-refractivity contribution in [2.24, 2.45) is 0 Å². The molecule has 0 saturated carbocycles. The van der Waals surface area contributed by atoms with Gasteiger partial charge in [-0.2, -0.15) is 0 Å². The number of methoxy groups -OCH3 is 2. The van der Waals surface area contributed by atoms with Crippen LogP contribution in [0.1, 0.15) is 11.6 Å². The molecule has 0 aliphatic carbocycles. The maximum Gasteiger partial charge on any atom is 0.355 e. The van der Waals surface area contributed by atoms with Gasteiger partial charge in [0.15, 0.2) is 0 Å². The molecule has 9 heteroatoms. The molecular weight excluding hydrogens is 403 g/mol. The normalized spacial score (nSPS) is 16.3. The lowest BCUT2D eigenvalue weighted by Crippen LogP contribution is -2.51. The predicted molar refractivity (Wildman–Crippen MR) is 103 cm³/mol. The summed E-state index contributed by atoms with van der Waals surface area (Å²) < 4.78 is 24.1. The Hall–Kier alpha value is -3.39. The molecule has 1 atom stereocenters. The summed E-state index contributed by atoms with van der Waals surface area (Å²) in [5.74, 6) is -2.54. The first-order chi connectivity index (χ1) is 13.9. The standard InChI is InChI=1S/C20H16ClFN2O5/c1-28-18(25)15-16(13-5-3-4-6-14(13)22)23-20(27)24(17(15)19(26)29-2)12-9-7-11(21)8-10-12/h3-10,16H,1-2H3,(H,23,27)/t16-/m1/s1. The molecule has 1 aliphatic heterocycles. The lowest BCUT2D eigenvalue weighted by molar-refractivity contribution is -0.139. The number of nitrogens with one attached hydrogen (secondary N) is 1. The number of ether oxygens (including phenoxy) is 2. The molecule has 2 aromatic carbocycles. The SMILES string of the molecule is COC(=O)C1=C(C(=O)OC)N(c2ccc(Cl)cc2)C(=O)N[C@@H]1c1ccccc1F. The Morgan fingerprint density at radius 3 is 2.24 bits per heavy atom. The number of hydrogen-bond acceptors (Lipinski definition) is 5. The van der Waals surface area contributed by atoms with Gasteiger partial charge in [-0.3, -0.25) is 4.90 Å². The van der Waals surface area contributed by atoms with E-state index in [9.17, 15) is 18.8 Å². The summed E-state index contributed by atoms with van der Waals surface area (Å²) in [5.41, 5.74) is -0.392. The maximum absolute atomic E-state index is 14.4. The fourth-order valence-corrected chi connectivity index (χ4v) is 3.15. The van der Waals surface area contributed by atoms with Crippen LogP contribution in [0, 0.1) is 5.82 Å². The van der Waals surface area contributed by atoms with E-state index in [1.54, 1.807) is 6.07 Å². The number of carbonyl (C=O) groups is 3. The monoisotopic (exact) mass is 418 g/mol. The van der Waals surface area contributed by atoms with Gasteiger partial charge in [-0.05, 0) is 30.3 Å². The van der Waals surface area contributed by atoms with Gasteiger partial charge in [-0.1, -0.05) is 29.8 Å². The first-order valence-corrected chi connectivity index (χ1v) is 8.78. The van der Waals surface area contributed by atoms with Gasteiger partial charge in [-0.15, -0.1) is 0 Å². The van der Waals surface area contributed by atoms with Crippen molar-refractivity contribution in [3.8, 4) is 0 Å². The van der Waals surface area contributed by atoms with Gasteiger partial charge in [0, 0.05) is 10.6 Å². The third-order valence-corrected chi connectivity index (χ3v) is 4.58. The molecule has 0 aromatic heterocycles. The summed E-state index contributed by atoms with van der Waals surface area (Å²) >= 11 is 5.90. The molecule has 1 heterocycles. The van der Waals surface area contributed by atoms with Crippen molar-refractivity contribution >= 4 is 35.3 Å². The zero-order valence-electron chi connectivity index (χ0n) is 15.4. The van der Waals surface area contributed by atoms with E-state index in [1.165, 1.54) is 42.5 Å². The molecule has 29 heavy (non-hydrogen) atoms. The summed E-state index contributed by atoms with van der Waals surface area (Å²) in [5, 5.41) is 2.97. The molecule has 0 spiro atoms. The van der Waals surface area contributed by atoms with Gasteiger partial charge >= 0.3 is 18.0 Å². The zero-order valence-corrected chi connectivity index (χ0v) is 16.2. The lowest BCUT2D eigenvalue weighted by atomic mass is 9.93. The number of esters is 2. The van der Waals surface area contributed by atoms with E-state index in [1.807, 2.05) is 0 Å². The molecule has 0 saturated heterocycles. The number of carbonyl (C=O) groups excluding carboxylic acids is 3. The van der Waals surface area contributed by atoms with E-state index in [4.69, 9.17) is 21.1 Å². The highest BCUT2D eigenvalue weighted by Gasteiger charge is 2.43. The predicted octanol–water partition coefficient (Wildman–Crippen LogP) is 3.35. The number of anilines is 1. The second-order valence-electron chi connectivity index (χ2n) is 5.96. The van der Waals surface area contributed by atoms with Crippen LogP contribution in [-0.4, -0.2) is 32.2 Å². The highest BCUT2D eigenvalue weighted by Crippen LogP contribution is 2.36. The summed E-state index contributed by atoms with van der Waals surface area (Å²) in [6.45, 7) is 0. The van der Waals surface area contributed by atoms with Crippen molar-refractivity contribution in [2.45, 2.75) is 6.04 Å². The molecule has 7 nitrogen and oxygen atoms in total. The van der Waals surface area contributed by atoms with Gasteiger partial charge in [0.25, 0.3) is 0 Å². The van der Waals surface area contributed by atoms with E-state index >= 15 is 0 Å². The van der Waals surface area contributed by atoms with Crippen molar-refractivity contribution < 1.29 is 28.2 Å². The van der Waals surface area contributed by atoms with E-state index in [0.29, 0.717) is 5.02 Å². The number of amides is 2. The Labute approximate surface area is 170 Å². The van der Waals surface area contributed by atoms with Crippen LogP contribution in [0.3, 0.4) is 0 Å². The largest absolute Gasteiger partial charge is 0.466 e. The van der Waals surface area contributed by atoms with Crippen LogP contribution in [0.2, 0.25) is 5.02 Å². The second-order valence-corrected chi connectivity index (χ2v) is 6.40. The van der Waals surface area contributed by atoms with Crippen LogP contribution < -0.4 is 10.2 Å². The summed E-state index contributed by atoms with van der Waals surface area (Å²) in [6, 6.07) is 9.58. The first-order valence-electron chi connectivity index (χ1n) is 8.40. The third-order valence-electron chi connectivity index (χ3n) is 4.32. The van der Waals surface area contributed by atoms with Crippen molar-refractivity contribution in [3.05, 3.63) is 76.2 Å². The minimum Gasteiger partial charge on any atom is -0.466 e. The van der Waals surface area contributed by atoms with E-state index in [-0.39, 0.29) is 22.5 Å². The number of benzene rings is 2. The quantitative estimate of drug-likeness (QED) is 0.770. The Balaban J connectivity index is 2.29. The average molecular weight is 419 g/mol. The Bertz CT molecular complexity index is 1010. The molecule has 1 N–H and O–H groups in total. The smallest absolute Gasteiger partial charge is 0.355 e. The Kier molecular flexibility index (Phi) is 5.84. The lowest BCUT2D eigenvalue weighted by Gasteiger charge is -2.35. The summed E-state index contributed by atoms with van der Waals surface area (Å²) in [7, 11) is 2.22. The van der Waals surface area contributed by atoms with Crippen LogP contribution >= 0.6 is 11.6 Å². The molecule has 0 bridgehead atoms. The van der Waals surface area contributed by atoms with Crippen molar-refractivity contribution in [3.63, 3.8) is 0 Å². The number of halogens is 2. The first kappa shape index (κ1) is 20.3. The fraction of sp³-hybridized carbons (Fsp3) is 0.150. The van der Waals surface area contributed by atoms with Crippen molar-refractivity contribution in [2.75, 3.05) is 19.1 Å². The van der Waals surface area contributed by atoms with Crippen LogP contribution in [0.25, 0.3) is 0 Å². The van der Waals surface area contributed by atoms with E-state index in [0.717, 1.165) is 19.1 Å². The molecule has 0 fully saturated rings. The summed E-state index contributed by atoms with van der Waals surface area (Å²) in [4.78, 5) is 39.1. The van der Waals surface area contributed by atoms with E-state index in [2.05, 4.69) is 5.32 Å². The molecule has 3 rings (SSSR count). The van der Waals surface area contributed by atoms with Gasteiger partial charge in [0.2, 0.25) is 0 Å². The van der Waals surface area contributed by atoms with Crippen molar-refractivity contribution in [1.82, 2.24) is 5.32 Å². The molecule has 0 radical (unpaired) electrons. The number of nitrogens with zero attached hydrogens (tertiary/aromatic N) is 1. The Morgan fingerprint density at radius 1 is 1.03 bits per heavy atom. The zero-order chi connectivity index (χ0) is 21.1.